The first kappa shape index (κ1) is 17.0. The van der Waals surface area contributed by atoms with Crippen molar-refractivity contribution in [3.63, 3.8) is 0 Å². The number of nitrogens with zero attached hydrogens (tertiary/aromatic N) is 1. The van der Waals surface area contributed by atoms with E-state index in [4.69, 9.17) is 0 Å². The topological polar surface area (TPSA) is 49.4 Å². The van der Waals surface area contributed by atoms with Crippen LogP contribution in [0.25, 0.3) is 0 Å². The number of carbonyl (C=O) groups excluding carboxylic acids is 2. The minimum atomic E-state index is -1.07. The molecule has 1 N–H and O–H groups in total. The zero-order valence-corrected chi connectivity index (χ0v) is 14.9. The van der Waals surface area contributed by atoms with E-state index in [0.717, 1.165) is 30.4 Å². The quantitative estimate of drug-likeness (QED) is 0.829. The molecule has 1 aromatic carbocycles. The van der Waals surface area contributed by atoms with Crippen LogP contribution < -0.4 is 5.32 Å². The molecule has 0 spiro atoms. The molecule has 0 unspecified atom stereocenters. The van der Waals surface area contributed by atoms with E-state index in [9.17, 15) is 9.59 Å². The number of rotatable bonds is 3. The third-order valence-electron chi connectivity index (χ3n) is 4.26. The van der Waals surface area contributed by atoms with Gasteiger partial charge >= 0.3 is 0 Å². The zero-order valence-electron chi connectivity index (χ0n) is 13.4. The monoisotopic (exact) mass is 366 g/mol. The fraction of sp³-hybridized carbons (Fsp3) is 0.529. The maximum Gasteiger partial charge on any atom is 0.239 e. The van der Waals surface area contributed by atoms with Crippen molar-refractivity contribution in [1.29, 1.82) is 0 Å². The van der Waals surface area contributed by atoms with Crippen LogP contribution in [-0.4, -0.2) is 29.8 Å². The molecule has 1 heterocycles. The molecule has 1 fully saturated rings. The molecule has 0 aliphatic carbocycles. The molecule has 0 atom stereocenters. The molecule has 2 rings (SSSR count). The van der Waals surface area contributed by atoms with E-state index in [1.165, 1.54) is 0 Å². The number of halogens is 1. The van der Waals surface area contributed by atoms with Gasteiger partial charge in [0.05, 0.1) is 0 Å². The summed E-state index contributed by atoms with van der Waals surface area (Å²) >= 11 is 3.37. The third kappa shape index (κ3) is 3.88. The highest BCUT2D eigenvalue weighted by Gasteiger charge is 2.39. The Bertz CT molecular complexity index is 564. The summed E-state index contributed by atoms with van der Waals surface area (Å²) in [5.41, 5.74) is -0.379. The fourth-order valence-corrected chi connectivity index (χ4v) is 2.96. The number of hydrogen-bond donors (Lipinski definition) is 1. The minimum absolute atomic E-state index is 0.0908. The Balaban J connectivity index is 2.05. The number of amides is 2. The molecule has 22 heavy (non-hydrogen) atoms. The van der Waals surface area contributed by atoms with E-state index in [-0.39, 0.29) is 11.8 Å². The molecule has 4 nitrogen and oxygen atoms in total. The Hall–Kier alpha value is -1.36. The lowest BCUT2D eigenvalue weighted by Crippen LogP contribution is -2.49. The highest BCUT2D eigenvalue weighted by Crippen LogP contribution is 2.26. The molecule has 0 radical (unpaired) electrons. The summed E-state index contributed by atoms with van der Waals surface area (Å²) in [6, 6.07) is 7.37. The number of likely N-dealkylation sites (tertiary alicyclic amines) is 1. The van der Waals surface area contributed by atoms with Crippen LogP contribution in [0.5, 0.6) is 0 Å². The number of nitrogens with one attached hydrogen (secondary N) is 1. The van der Waals surface area contributed by atoms with Crippen molar-refractivity contribution in [2.75, 3.05) is 18.4 Å². The van der Waals surface area contributed by atoms with Crippen molar-refractivity contribution in [3.05, 3.63) is 28.7 Å². The van der Waals surface area contributed by atoms with Gasteiger partial charge in [0.15, 0.2) is 0 Å². The van der Waals surface area contributed by atoms with Gasteiger partial charge in [-0.1, -0.05) is 28.9 Å². The van der Waals surface area contributed by atoms with Crippen LogP contribution in [0.2, 0.25) is 0 Å². The maximum absolute atomic E-state index is 12.7. The van der Waals surface area contributed by atoms with Crippen LogP contribution >= 0.6 is 15.9 Å². The van der Waals surface area contributed by atoms with Crippen LogP contribution in [-0.2, 0) is 9.59 Å². The van der Waals surface area contributed by atoms with Gasteiger partial charge in [0.25, 0.3) is 0 Å². The van der Waals surface area contributed by atoms with Gasteiger partial charge in [-0.2, -0.15) is 0 Å². The van der Waals surface area contributed by atoms with Gasteiger partial charge in [0, 0.05) is 23.2 Å². The smallest absolute Gasteiger partial charge is 0.239 e. The second-order valence-corrected chi connectivity index (χ2v) is 7.48. The van der Waals surface area contributed by atoms with Gasteiger partial charge in [-0.25, -0.2) is 0 Å². The van der Waals surface area contributed by atoms with Gasteiger partial charge in [-0.05, 0) is 50.8 Å². The summed E-state index contributed by atoms with van der Waals surface area (Å²) in [4.78, 5) is 27.0. The summed E-state index contributed by atoms with van der Waals surface area (Å²) in [6.07, 6.45) is 2.02. The van der Waals surface area contributed by atoms with Crippen molar-refractivity contribution in [3.8, 4) is 0 Å². The Morgan fingerprint density at radius 2 is 1.91 bits per heavy atom. The lowest BCUT2D eigenvalue weighted by molar-refractivity contribution is -0.147. The van der Waals surface area contributed by atoms with Crippen molar-refractivity contribution in [1.82, 2.24) is 4.90 Å². The summed E-state index contributed by atoms with van der Waals surface area (Å²) in [5, 5.41) is 2.84. The van der Waals surface area contributed by atoms with Crippen LogP contribution in [0.1, 0.15) is 33.6 Å². The Labute approximate surface area is 140 Å². The minimum Gasteiger partial charge on any atom is -0.342 e. The average molecular weight is 367 g/mol. The molecule has 0 aromatic heterocycles. The molecule has 1 saturated heterocycles. The average Bonchev–Trinajstić information content (AvgIpc) is 2.47. The molecule has 2 amide bonds. The lowest BCUT2D eigenvalue weighted by atomic mass is 9.88. The van der Waals surface area contributed by atoms with Crippen LogP contribution in [0, 0.1) is 11.3 Å². The van der Waals surface area contributed by atoms with Crippen molar-refractivity contribution < 1.29 is 9.59 Å². The number of benzene rings is 1. The molecule has 5 heteroatoms. The van der Waals surface area contributed by atoms with Crippen molar-refractivity contribution in [2.45, 2.75) is 33.6 Å². The van der Waals surface area contributed by atoms with E-state index in [1.807, 2.05) is 29.2 Å². The molecule has 0 bridgehead atoms. The SMILES string of the molecule is CC1CCN(C(=O)C(C)(C)C(=O)Nc2cccc(Br)c2)CC1. The molecule has 0 saturated carbocycles. The highest BCUT2D eigenvalue weighted by atomic mass is 79.9. The molecule has 1 aliphatic rings. The summed E-state index contributed by atoms with van der Waals surface area (Å²) in [6.45, 7) is 7.08. The summed E-state index contributed by atoms with van der Waals surface area (Å²) < 4.78 is 0.888. The predicted molar refractivity (Wildman–Crippen MR) is 91.5 cm³/mol. The van der Waals surface area contributed by atoms with E-state index < -0.39 is 5.41 Å². The first-order valence-corrected chi connectivity index (χ1v) is 8.46. The highest BCUT2D eigenvalue weighted by molar-refractivity contribution is 9.10. The molecular weight excluding hydrogens is 344 g/mol. The summed E-state index contributed by atoms with van der Waals surface area (Å²) in [7, 11) is 0. The number of piperidine rings is 1. The molecular formula is C17H23BrN2O2. The first-order chi connectivity index (χ1) is 10.3. The first-order valence-electron chi connectivity index (χ1n) is 7.67. The third-order valence-corrected chi connectivity index (χ3v) is 4.75. The van der Waals surface area contributed by atoms with Gasteiger partial charge in [0.1, 0.15) is 5.41 Å². The number of anilines is 1. The van der Waals surface area contributed by atoms with Crippen molar-refractivity contribution in [2.24, 2.45) is 11.3 Å². The van der Waals surface area contributed by atoms with Crippen molar-refractivity contribution >= 4 is 33.4 Å². The van der Waals surface area contributed by atoms with Crippen LogP contribution in [0.15, 0.2) is 28.7 Å². The zero-order chi connectivity index (χ0) is 16.3. The van der Waals surface area contributed by atoms with Crippen LogP contribution in [0.4, 0.5) is 5.69 Å². The molecule has 1 aromatic rings. The second-order valence-electron chi connectivity index (χ2n) is 6.56. The van der Waals surface area contributed by atoms with Gasteiger partial charge in [-0.3, -0.25) is 9.59 Å². The predicted octanol–water partition coefficient (Wildman–Crippen LogP) is 3.67. The lowest BCUT2D eigenvalue weighted by Gasteiger charge is -2.35. The Kier molecular flexibility index (Phi) is 5.27. The van der Waals surface area contributed by atoms with E-state index in [1.54, 1.807) is 13.8 Å². The van der Waals surface area contributed by atoms with Crippen LogP contribution in [0.3, 0.4) is 0 Å². The van der Waals surface area contributed by atoms with E-state index in [0.29, 0.717) is 11.6 Å². The number of hydrogen-bond acceptors (Lipinski definition) is 2. The fourth-order valence-electron chi connectivity index (χ4n) is 2.56. The number of carbonyl (C=O) groups is 2. The normalized spacial score (nSPS) is 16.5. The standard InChI is InChI=1S/C17H23BrN2O2/c1-12-7-9-20(10-8-12)16(22)17(2,3)15(21)19-14-6-4-5-13(18)11-14/h4-6,11-12H,7-10H2,1-3H3,(H,19,21). The Morgan fingerprint density at radius 1 is 1.27 bits per heavy atom. The van der Waals surface area contributed by atoms with Gasteiger partial charge < -0.3 is 10.2 Å². The second kappa shape index (κ2) is 6.82. The summed E-state index contributed by atoms with van der Waals surface area (Å²) in [5.74, 6) is 0.295. The Morgan fingerprint density at radius 3 is 2.50 bits per heavy atom. The molecule has 120 valence electrons. The van der Waals surface area contributed by atoms with Gasteiger partial charge in [0.2, 0.25) is 11.8 Å². The largest absolute Gasteiger partial charge is 0.342 e. The maximum atomic E-state index is 12.7. The molecule has 1 aliphatic heterocycles. The van der Waals surface area contributed by atoms with E-state index >= 15 is 0 Å². The van der Waals surface area contributed by atoms with Gasteiger partial charge in [-0.15, -0.1) is 0 Å². The van der Waals surface area contributed by atoms with E-state index in [2.05, 4.69) is 28.2 Å².